The first-order valence-electron chi connectivity index (χ1n) is 8.13. The molecule has 2 rings (SSSR count). The minimum atomic E-state index is -0.143. The maximum Gasteiger partial charge on any atom is 0.228 e. The van der Waals surface area contributed by atoms with Crippen molar-refractivity contribution < 1.29 is 9.53 Å². The zero-order chi connectivity index (χ0) is 14.6. The topological polar surface area (TPSA) is 55.6 Å². The molecule has 0 aromatic rings. The Bertz CT molecular complexity index is 324. The van der Waals surface area contributed by atoms with Crippen LogP contribution in [0.5, 0.6) is 0 Å². The molecule has 0 aromatic heterocycles. The van der Waals surface area contributed by atoms with Gasteiger partial charge in [0.2, 0.25) is 5.91 Å². The number of carbonyl (C=O) groups excluding carboxylic acids is 1. The van der Waals surface area contributed by atoms with Gasteiger partial charge in [-0.25, -0.2) is 0 Å². The molecule has 2 fully saturated rings. The second-order valence-corrected chi connectivity index (χ2v) is 6.74. The zero-order valence-electron chi connectivity index (χ0n) is 13.1. The van der Waals surface area contributed by atoms with Crippen LogP contribution in [-0.2, 0) is 9.53 Å². The fraction of sp³-hybridized carbons (Fsp3) is 0.938. The van der Waals surface area contributed by atoms with E-state index in [1.165, 1.54) is 12.8 Å². The Hall–Kier alpha value is -0.610. The second kappa shape index (κ2) is 6.90. The van der Waals surface area contributed by atoms with Gasteiger partial charge < -0.3 is 15.4 Å². The summed E-state index contributed by atoms with van der Waals surface area (Å²) in [6, 6.07) is 0.184. The molecule has 2 N–H and O–H groups in total. The fourth-order valence-electron chi connectivity index (χ4n) is 3.88. The maximum absolute atomic E-state index is 13.0. The van der Waals surface area contributed by atoms with Crippen LogP contribution in [0.4, 0.5) is 0 Å². The molecule has 1 saturated carbocycles. The summed E-state index contributed by atoms with van der Waals surface area (Å²) in [6.45, 7) is 4.52. The van der Waals surface area contributed by atoms with Gasteiger partial charge in [-0.15, -0.1) is 0 Å². The summed E-state index contributed by atoms with van der Waals surface area (Å²) in [5, 5.41) is 0. The van der Waals surface area contributed by atoms with E-state index < -0.39 is 0 Å². The molecule has 0 bridgehead atoms. The molecule has 1 heterocycles. The predicted molar refractivity (Wildman–Crippen MR) is 80.3 cm³/mol. The van der Waals surface area contributed by atoms with Crippen LogP contribution in [0, 0.1) is 11.3 Å². The van der Waals surface area contributed by atoms with Crippen LogP contribution >= 0.6 is 0 Å². The molecule has 1 saturated heterocycles. The third kappa shape index (κ3) is 3.34. The van der Waals surface area contributed by atoms with Crippen LogP contribution in [0.25, 0.3) is 0 Å². The number of ether oxygens (including phenoxy) is 1. The smallest absolute Gasteiger partial charge is 0.228 e. The van der Waals surface area contributed by atoms with Gasteiger partial charge in [-0.05, 0) is 44.9 Å². The molecule has 1 aliphatic carbocycles. The first-order valence-corrected chi connectivity index (χ1v) is 8.13. The van der Waals surface area contributed by atoms with Gasteiger partial charge in [-0.2, -0.15) is 0 Å². The molecule has 4 heteroatoms. The highest BCUT2D eigenvalue weighted by molar-refractivity contribution is 5.83. The molecule has 1 aliphatic heterocycles. The first-order chi connectivity index (χ1) is 9.59. The lowest BCUT2D eigenvalue weighted by molar-refractivity contribution is -0.145. The summed E-state index contributed by atoms with van der Waals surface area (Å²) >= 11 is 0. The number of nitrogens with two attached hydrogens (primary N) is 1. The molecule has 1 amide bonds. The monoisotopic (exact) mass is 282 g/mol. The van der Waals surface area contributed by atoms with Crippen LogP contribution in [0.1, 0.15) is 51.9 Å². The number of carbonyl (C=O) groups is 1. The summed E-state index contributed by atoms with van der Waals surface area (Å²) in [5.41, 5.74) is 5.90. The Balaban J connectivity index is 2.03. The number of methoxy groups -OCH3 is 1. The minimum absolute atomic E-state index is 0.143. The van der Waals surface area contributed by atoms with E-state index in [2.05, 4.69) is 11.8 Å². The van der Waals surface area contributed by atoms with Crippen LogP contribution < -0.4 is 5.73 Å². The van der Waals surface area contributed by atoms with E-state index in [9.17, 15) is 4.79 Å². The minimum Gasteiger partial charge on any atom is -0.385 e. The summed E-state index contributed by atoms with van der Waals surface area (Å²) in [7, 11) is 1.72. The molecule has 2 atom stereocenters. The van der Waals surface area contributed by atoms with Gasteiger partial charge in [-0.3, -0.25) is 4.79 Å². The molecule has 2 aliphatic rings. The molecule has 0 aromatic carbocycles. The van der Waals surface area contributed by atoms with E-state index in [1.54, 1.807) is 7.11 Å². The fourth-order valence-corrected chi connectivity index (χ4v) is 3.88. The molecule has 116 valence electrons. The van der Waals surface area contributed by atoms with Crippen molar-refractivity contribution in [3.63, 3.8) is 0 Å². The number of hydrogen-bond acceptors (Lipinski definition) is 3. The second-order valence-electron chi connectivity index (χ2n) is 6.74. The lowest BCUT2D eigenvalue weighted by Crippen LogP contribution is -2.50. The van der Waals surface area contributed by atoms with Gasteiger partial charge >= 0.3 is 0 Å². The summed E-state index contributed by atoms with van der Waals surface area (Å²) in [4.78, 5) is 15.1. The van der Waals surface area contributed by atoms with Crippen molar-refractivity contribution in [3.05, 3.63) is 0 Å². The standard InChI is InChI=1S/C16H30N2O2/c1-13(17)14-6-5-10-18(12-14)15(19)16(9-11-20-2)7-3-4-8-16/h13-14H,3-12,17H2,1-2H3. The average molecular weight is 282 g/mol. The molecular formula is C16H30N2O2. The van der Waals surface area contributed by atoms with Crippen molar-refractivity contribution >= 4 is 5.91 Å². The molecule has 0 spiro atoms. The van der Waals surface area contributed by atoms with E-state index in [0.29, 0.717) is 18.4 Å². The largest absolute Gasteiger partial charge is 0.385 e. The highest BCUT2D eigenvalue weighted by Crippen LogP contribution is 2.43. The highest BCUT2D eigenvalue weighted by Gasteiger charge is 2.44. The number of rotatable bonds is 5. The summed E-state index contributed by atoms with van der Waals surface area (Å²) < 4.78 is 5.23. The Kier molecular flexibility index (Phi) is 5.44. The predicted octanol–water partition coefficient (Wildman–Crippen LogP) is 2.17. The Morgan fingerprint density at radius 2 is 2.10 bits per heavy atom. The SMILES string of the molecule is COCCC1(C(=O)N2CCCC(C(C)N)C2)CCCC1. The number of hydrogen-bond donors (Lipinski definition) is 1. The van der Waals surface area contributed by atoms with E-state index in [0.717, 1.165) is 45.2 Å². The van der Waals surface area contributed by atoms with Gasteiger partial charge in [0, 0.05) is 32.8 Å². The summed E-state index contributed by atoms with van der Waals surface area (Å²) in [6.07, 6.45) is 7.57. The van der Waals surface area contributed by atoms with E-state index in [1.807, 2.05) is 0 Å². The maximum atomic E-state index is 13.0. The number of amides is 1. The third-order valence-electron chi connectivity index (χ3n) is 5.29. The quantitative estimate of drug-likeness (QED) is 0.841. The van der Waals surface area contributed by atoms with Crippen LogP contribution in [0.15, 0.2) is 0 Å². The van der Waals surface area contributed by atoms with Crippen LogP contribution in [-0.4, -0.2) is 43.7 Å². The number of piperidine rings is 1. The molecule has 4 nitrogen and oxygen atoms in total. The van der Waals surface area contributed by atoms with Gasteiger partial charge in [0.25, 0.3) is 0 Å². The van der Waals surface area contributed by atoms with Crippen molar-refractivity contribution in [2.24, 2.45) is 17.1 Å². The normalized spacial score (nSPS) is 27.6. The van der Waals surface area contributed by atoms with Crippen LogP contribution in [0.2, 0.25) is 0 Å². The van der Waals surface area contributed by atoms with Gasteiger partial charge in [0.1, 0.15) is 0 Å². The molecule has 20 heavy (non-hydrogen) atoms. The van der Waals surface area contributed by atoms with E-state index in [4.69, 9.17) is 10.5 Å². The van der Waals surface area contributed by atoms with Crippen molar-refractivity contribution in [2.75, 3.05) is 26.8 Å². The third-order valence-corrected chi connectivity index (χ3v) is 5.29. The number of likely N-dealkylation sites (tertiary alicyclic amines) is 1. The van der Waals surface area contributed by atoms with Gasteiger partial charge in [0.15, 0.2) is 0 Å². The lowest BCUT2D eigenvalue weighted by Gasteiger charge is -2.40. The average Bonchev–Trinajstić information content (AvgIpc) is 2.94. The Morgan fingerprint density at radius 3 is 2.70 bits per heavy atom. The Morgan fingerprint density at radius 1 is 1.40 bits per heavy atom. The summed E-state index contributed by atoms with van der Waals surface area (Å²) in [5.74, 6) is 0.839. The molecular weight excluding hydrogens is 252 g/mol. The van der Waals surface area contributed by atoms with E-state index in [-0.39, 0.29) is 11.5 Å². The van der Waals surface area contributed by atoms with Gasteiger partial charge in [0.05, 0.1) is 5.41 Å². The van der Waals surface area contributed by atoms with Gasteiger partial charge in [-0.1, -0.05) is 12.8 Å². The first kappa shape index (κ1) is 15.8. The lowest BCUT2D eigenvalue weighted by atomic mass is 9.80. The van der Waals surface area contributed by atoms with Crippen molar-refractivity contribution in [1.29, 1.82) is 0 Å². The van der Waals surface area contributed by atoms with Crippen molar-refractivity contribution in [3.8, 4) is 0 Å². The molecule has 2 unspecified atom stereocenters. The number of nitrogens with zero attached hydrogens (tertiary/aromatic N) is 1. The van der Waals surface area contributed by atoms with E-state index >= 15 is 0 Å². The molecule has 0 radical (unpaired) electrons. The zero-order valence-corrected chi connectivity index (χ0v) is 13.1. The van der Waals surface area contributed by atoms with Crippen molar-refractivity contribution in [2.45, 2.75) is 57.9 Å². The highest BCUT2D eigenvalue weighted by atomic mass is 16.5. The Labute approximate surface area is 123 Å². The van der Waals surface area contributed by atoms with Crippen LogP contribution in [0.3, 0.4) is 0 Å². The van der Waals surface area contributed by atoms with Crippen molar-refractivity contribution in [1.82, 2.24) is 4.90 Å².